The number of nitrogens with zero attached hydrogens (tertiary/aromatic N) is 2. The van der Waals surface area contributed by atoms with Crippen molar-refractivity contribution in [3.8, 4) is 0 Å². The minimum atomic E-state index is 0.0920. The van der Waals surface area contributed by atoms with E-state index in [-0.39, 0.29) is 12.2 Å². The first kappa shape index (κ1) is 20.7. The molecule has 0 spiro atoms. The van der Waals surface area contributed by atoms with E-state index in [0.29, 0.717) is 16.0 Å². The van der Waals surface area contributed by atoms with Gasteiger partial charge in [-0.15, -0.1) is 0 Å². The molecule has 7 heteroatoms. The molecule has 2 atom stereocenters. The zero-order chi connectivity index (χ0) is 19.2. The third kappa shape index (κ3) is 5.29. The van der Waals surface area contributed by atoms with E-state index in [1.165, 1.54) is 18.4 Å². The van der Waals surface area contributed by atoms with E-state index in [1.807, 2.05) is 24.1 Å². The summed E-state index contributed by atoms with van der Waals surface area (Å²) in [5.41, 5.74) is 1.21. The van der Waals surface area contributed by atoms with E-state index in [0.717, 1.165) is 52.0 Å². The second kappa shape index (κ2) is 9.97. The smallest absolute Gasteiger partial charge is 0.318 e. The fourth-order valence-electron chi connectivity index (χ4n) is 4.24. The van der Waals surface area contributed by atoms with E-state index in [9.17, 15) is 4.79 Å². The van der Waals surface area contributed by atoms with Crippen molar-refractivity contribution >= 4 is 29.2 Å². The summed E-state index contributed by atoms with van der Waals surface area (Å²) in [6, 6.07) is 6.03. The van der Waals surface area contributed by atoms with Crippen molar-refractivity contribution < 1.29 is 4.79 Å². The highest BCUT2D eigenvalue weighted by Crippen LogP contribution is 2.29. The van der Waals surface area contributed by atoms with E-state index < -0.39 is 0 Å². The molecule has 2 amide bonds. The van der Waals surface area contributed by atoms with E-state index in [4.69, 9.17) is 23.2 Å². The van der Waals surface area contributed by atoms with Crippen LogP contribution in [0.4, 0.5) is 4.79 Å². The van der Waals surface area contributed by atoms with E-state index in [1.54, 1.807) is 0 Å². The van der Waals surface area contributed by atoms with Crippen LogP contribution < -0.4 is 10.6 Å². The summed E-state index contributed by atoms with van der Waals surface area (Å²) in [5.74, 6) is 0.363. The van der Waals surface area contributed by atoms with Crippen molar-refractivity contribution in [3.05, 3.63) is 33.8 Å². The topological polar surface area (TPSA) is 47.6 Å². The molecule has 0 aromatic heterocycles. The Balaban J connectivity index is 1.67. The number of carbonyl (C=O) groups excluding carboxylic acids is 1. The minimum absolute atomic E-state index is 0.0920. The number of carbonyl (C=O) groups is 1. The van der Waals surface area contributed by atoms with Crippen LogP contribution >= 0.6 is 23.2 Å². The molecule has 0 radical (unpaired) electrons. The van der Waals surface area contributed by atoms with Crippen LogP contribution in [0.2, 0.25) is 10.0 Å². The number of amides is 2. The average molecular weight is 413 g/mol. The lowest BCUT2D eigenvalue weighted by molar-refractivity contribution is 0.0283. The van der Waals surface area contributed by atoms with Gasteiger partial charge in [-0.2, -0.15) is 0 Å². The van der Waals surface area contributed by atoms with Crippen LogP contribution in [0.1, 0.15) is 43.6 Å². The average Bonchev–Trinajstić information content (AvgIpc) is 2.68. The van der Waals surface area contributed by atoms with Gasteiger partial charge in [-0.1, -0.05) is 29.3 Å². The Bertz CT molecular complexity index is 642. The SMILES string of the molecule is CNC[C@@H](CCN1CCCCC1N1CCCNC1=O)c1ccc(Cl)c(Cl)c1. The molecule has 2 heterocycles. The fourth-order valence-corrected chi connectivity index (χ4v) is 4.55. The molecule has 27 heavy (non-hydrogen) atoms. The summed E-state index contributed by atoms with van der Waals surface area (Å²) in [4.78, 5) is 16.9. The molecule has 3 rings (SSSR count). The van der Waals surface area contributed by atoms with Gasteiger partial charge in [0.15, 0.2) is 0 Å². The second-order valence-corrected chi connectivity index (χ2v) is 8.32. The maximum atomic E-state index is 12.3. The number of likely N-dealkylation sites (N-methyl/N-ethyl adjacent to an activating group) is 1. The summed E-state index contributed by atoms with van der Waals surface area (Å²) in [7, 11) is 1.98. The first-order valence-corrected chi connectivity index (χ1v) is 10.7. The third-order valence-corrected chi connectivity index (χ3v) is 6.42. The van der Waals surface area contributed by atoms with Gasteiger partial charge in [0.2, 0.25) is 0 Å². The van der Waals surface area contributed by atoms with Crippen LogP contribution in [0.5, 0.6) is 0 Å². The van der Waals surface area contributed by atoms with E-state index in [2.05, 4.69) is 21.6 Å². The van der Waals surface area contributed by atoms with Gasteiger partial charge in [0.1, 0.15) is 0 Å². The van der Waals surface area contributed by atoms with Crippen LogP contribution in [0.15, 0.2) is 18.2 Å². The quantitative estimate of drug-likeness (QED) is 0.713. The predicted octanol–water partition coefficient (Wildman–Crippen LogP) is 3.91. The fraction of sp³-hybridized carbons (Fsp3) is 0.650. The summed E-state index contributed by atoms with van der Waals surface area (Å²) >= 11 is 12.3. The maximum Gasteiger partial charge on any atom is 0.318 e. The predicted molar refractivity (Wildman–Crippen MR) is 112 cm³/mol. The van der Waals surface area contributed by atoms with Gasteiger partial charge >= 0.3 is 6.03 Å². The van der Waals surface area contributed by atoms with Crippen molar-refractivity contribution in [2.24, 2.45) is 0 Å². The summed E-state index contributed by atoms with van der Waals surface area (Å²) in [6.45, 7) is 4.58. The highest BCUT2D eigenvalue weighted by molar-refractivity contribution is 6.42. The molecule has 150 valence electrons. The monoisotopic (exact) mass is 412 g/mol. The summed E-state index contributed by atoms with van der Waals surface area (Å²) in [5, 5.41) is 7.50. The van der Waals surface area contributed by atoms with Gasteiger partial charge in [-0.3, -0.25) is 4.90 Å². The van der Waals surface area contributed by atoms with Crippen LogP contribution in [0.3, 0.4) is 0 Å². The number of halogens is 2. The molecular weight excluding hydrogens is 383 g/mol. The molecule has 2 saturated heterocycles. The standard InChI is InChI=1S/C20H30Cl2N4O/c1-23-14-16(15-6-7-17(21)18(22)13-15)8-12-25-10-3-2-5-19(25)26-11-4-9-24-20(26)27/h6-7,13,16,19,23H,2-5,8-12,14H2,1H3,(H,24,27)/t16-,19?/m1/s1. The first-order valence-electron chi connectivity index (χ1n) is 9.98. The highest BCUT2D eigenvalue weighted by Gasteiger charge is 2.32. The van der Waals surface area contributed by atoms with Gasteiger partial charge < -0.3 is 15.5 Å². The van der Waals surface area contributed by atoms with Gasteiger partial charge in [-0.25, -0.2) is 4.79 Å². The number of hydrogen-bond acceptors (Lipinski definition) is 3. The molecule has 0 aliphatic carbocycles. The second-order valence-electron chi connectivity index (χ2n) is 7.51. The third-order valence-electron chi connectivity index (χ3n) is 5.68. The number of piperidine rings is 1. The molecule has 0 bridgehead atoms. The van der Waals surface area contributed by atoms with Crippen molar-refractivity contribution in [2.45, 2.75) is 44.2 Å². The number of likely N-dealkylation sites (tertiary alicyclic amines) is 1. The molecule has 2 aliphatic heterocycles. The Kier molecular flexibility index (Phi) is 7.65. The van der Waals surface area contributed by atoms with Gasteiger partial charge in [-0.05, 0) is 62.8 Å². The highest BCUT2D eigenvalue weighted by atomic mass is 35.5. The number of rotatable bonds is 7. The van der Waals surface area contributed by atoms with Gasteiger partial charge in [0, 0.05) is 32.7 Å². The summed E-state index contributed by atoms with van der Waals surface area (Å²) in [6.07, 6.45) is 5.74. The van der Waals surface area contributed by atoms with Crippen molar-refractivity contribution in [1.29, 1.82) is 0 Å². The first-order chi connectivity index (χ1) is 13.1. The Morgan fingerprint density at radius 3 is 2.81 bits per heavy atom. The zero-order valence-corrected chi connectivity index (χ0v) is 17.5. The molecule has 2 N–H and O–H groups in total. The Labute approximate surface area is 172 Å². The lowest BCUT2D eigenvalue weighted by Gasteiger charge is -2.44. The molecule has 1 unspecified atom stereocenters. The molecule has 0 saturated carbocycles. The summed E-state index contributed by atoms with van der Waals surface area (Å²) < 4.78 is 0. The van der Waals surface area contributed by atoms with Crippen molar-refractivity contribution in [2.75, 3.05) is 39.8 Å². The van der Waals surface area contributed by atoms with Crippen LogP contribution in [0, 0.1) is 0 Å². The van der Waals surface area contributed by atoms with Gasteiger partial charge in [0.05, 0.1) is 16.2 Å². The van der Waals surface area contributed by atoms with E-state index >= 15 is 0 Å². The lowest BCUT2D eigenvalue weighted by Crippen LogP contribution is -2.58. The number of benzene rings is 1. The minimum Gasteiger partial charge on any atom is -0.338 e. The molecular formula is C20H30Cl2N4O. The Morgan fingerprint density at radius 2 is 2.07 bits per heavy atom. The van der Waals surface area contributed by atoms with Crippen molar-refractivity contribution in [1.82, 2.24) is 20.4 Å². The number of nitrogens with one attached hydrogen (secondary N) is 2. The Morgan fingerprint density at radius 1 is 1.22 bits per heavy atom. The number of urea groups is 1. The zero-order valence-electron chi connectivity index (χ0n) is 16.0. The van der Waals surface area contributed by atoms with Crippen LogP contribution in [-0.2, 0) is 0 Å². The largest absolute Gasteiger partial charge is 0.338 e. The molecule has 2 aliphatic rings. The number of hydrogen-bond donors (Lipinski definition) is 2. The normalized spacial score (nSPS) is 22.6. The Hall–Kier alpha value is -1.01. The van der Waals surface area contributed by atoms with Crippen LogP contribution in [-0.4, -0.2) is 61.8 Å². The van der Waals surface area contributed by atoms with Crippen LogP contribution in [0.25, 0.3) is 0 Å². The lowest BCUT2D eigenvalue weighted by atomic mass is 9.94. The van der Waals surface area contributed by atoms with Gasteiger partial charge in [0.25, 0.3) is 0 Å². The molecule has 1 aromatic carbocycles. The molecule has 2 fully saturated rings. The maximum absolute atomic E-state index is 12.3. The van der Waals surface area contributed by atoms with Crippen molar-refractivity contribution in [3.63, 3.8) is 0 Å². The molecule has 1 aromatic rings. The molecule has 5 nitrogen and oxygen atoms in total.